The molecule has 0 aliphatic rings. The van der Waals surface area contributed by atoms with E-state index in [9.17, 15) is 4.79 Å². The van der Waals surface area contributed by atoms with Crippen molar-refractivity contribution >= 4 is 28.8 Å². The van der Waals surface area contributed by atoms with Gasteiger partial charge in [0.15, 0.2) is 0 Å². The van der Waals surface area contributed by atoms with Crippen molar-refractivity contribution in [3.63, 3.8) is 0 Å². The van der Waals surface area contributed by atoms with Gasteiger partial charge in [-0.3, -0.25) is 4.79 Å². The number of nitrogens with one attached hydrogen (secondary N) is 1. The van der Waals surface area contributed by atoms with Gasteiger partial charge in [-0.2, -0.15) is 0 Å². The highest BCUT2D eigenvalue weighted by molar-refractivity contribution is 7.16. The van der Waals surface area contributed by atoms with Crippen LogP contribution in [0.5, 0.6) is 0 Å². The molecule has 0 aliphatic heterocycles. The summed E-state index contributed by atoms with van der Waals surface area (Å²) < 4.78 is 0.781. The number of hydrogen-bond donors (Lipinski definition) is 2. The molecule has 1 atom stereocenters. The van der Waals surface area contributed by atoms with Crippen LogP contribution in [0.4, 0.5) is 0 Å². The number of rotatable bonds is 5. The van der Waals surface area contributed by atoms with Crippen molar-refractivity contribution in [2.75, 3.05) is 6.54 Å². The van der Waals surface area contributed by atoms with Crippen molar-refractivity contribution in [3.05, 3.63) is 21.3 Å². The zero-order valence-electron chi connectivity index (χ0n) is 7.92. The van der Waals surface area contributed by atoms with Crippen LogP contribution in [-0.2, 0) is 4.79 Å². The van der Waals surface area contributed by atoms with Gasteiger partial charge in [0, 0.05) is 23.9 Å². The lowest BCUT2D eigenvalue weighted by Gasteiger charge is -2.10. The highest BCUT2D eigenvalue weighted by Gasteiger charge is 2.07. The van der Waals surface area contributed by atoms with E-state index in [1.165, 1.54) is 4.88 Å². The van der Waals surface area contributed by atoms with Crippen molar-refractivity contribution in [2.45, 2.75) is 19.4 Å². The number of thiophene rings is 1. The van der Waals surface area contributed by atoms with Crippen LogP contribution in [0.1, 0.15) is 24.3 Å². The van der Waals surface area contributed by atoms with E-state index in [0.717, 1.165) is 4.34 Å². The Labute approximate surface area is 92.3 Å². The van der Waals surface area contributed by atoms with Crippen LogP contribution >= 0.6 is 22.9 Å². The monoisotopic (exact) mass is 232 g/mol. The first kappa shape index (κ1) is 11.5. The van der Waals surface area contributed by atoms with E-state index in [1.807, 2.05) is 19.1 Å². The number of primary amides is 1. The second kappa shape index (κ2) is 5.34. The molecule has 0 saturated heterocycles. The van der Waals surface area contributed by atoms with E-state index in [1.54, 1.807) is 11.3 Å². The van der Waals surface area contributed by atoms with Crippen LogP contribution in [0.2, 0.25) is 4.34 Å². The maximum absolute atomic E-state index is 10.5. The van der Waals surface area contributed by atoms with Crippen molar-refractivity contribution in [1.82, 2.24) is 5.32 Å². The van der Waals surface area contributed by atoms with Crippen LogP contribution in [0.3, 0.4) is 0 Å². The molecule has 78 valence electrons. The highest BCUT2D eigenvalue weighted by Crippen LogP contribution is 2.26. The number of carbonyl (C=O) groups excluding carboxylic acids is 1. The molecule has 0 fully saturated rings. The van der Waals surface area contributed by atoms with Crippen molar-refractivity contribution in [1.29, 1.82) is 0 Å². The van der Waals surface area contributed by atoms with Crippen molar-refractivity contribution in [3.8, 4) is 0 Å². The van der Waals surface area contributed by atoms with Gasteiger partial charge in [0.2, 0.25) is 5.91 Å². The molecule has 1 aromatic rings. The molecule has 0 radical (unpaired) electrons. The van der Waals surface area contributed by atoms with Crippen LogP contribution in [0.25, 0.3) is 0 Å². The Morgan fingerprint density at radius 2 is 2.43 bits per heavy atom. The molecule has 14 heavy (non-hydrogen) atoms. The number of hydrogen-bond acceptors (Lipinski definition) is 3. The minimum Gasteiger partial charge on any atom is -0.370 e. The average molecular weight is 233 g/mol. The van der Waals surface area contributed by atoms with Gasteiger partial charge < -0.3 is 11.1 Å². The lowest BCUT2D eigenvalue weighted by Crippen LogP contribution is -2.24. The second-order valence-electron chi connectivity index (χ2n) is 3.03. The van der Waals surface area contributed by atoms with E-state index >= 15 is 0 Å². The quantitative estimate of drug-likeness (QED) is 0.815. The first-order valence-electron chi connectivity index (χ1n) is 4.36. The number of carbonyl (C=O) groups is 1. The SMILES string of the molecule is CC(NCCC(N)=O)c1ccc(Cl)s1. The minimum absolute atomic E-state index is 0.215. The molecule has 0 saturated carbocycles. The summed E-state index contributed by atoms with van der Waals surface area (Å²) in [5.41, 5.74) is 5.02. The Hall–Kier alpha value is -0.580. The molecular formula is C9H13ClN2OS. The molecule has 5 heteroatoms. The van der Waals surface area contributed by atoms with Crippen molar-refractivity contribution < 1.29 is 4.79 Å². The second-order valence-corrected chi connectivity index (χ2v) is 4.78. The molecule has 1 aromatic heterocycles. The summed E-state index contributed by atoms with van der Waals surface area (Å²) in [6, 6.07) is 4.06. The summed E-state index contributed by atoms with van der Waals surface area (Å²) in [6.07, 6.45) is 0.365. The standard InChI is InChI=1S/C9H13ClN2OS/c1-6(12-5-4-9(11)13)7-2-3-8(10)14-7/h2-3,6,12H,4-5H2,1H3,(H2,11,13). The molecule has 3 N–H and O–H groups in total. The summed E-state index contributed by atoms with van der Waals surface area (Å²) in [7, 11) is 0. The Kier molecular flexibility index (Phi) is 4.38. The summed E-state index contributed by atoms with van der Waals surface area (Å²) in [5, 5.41) is 3.19. The van der Waals surface area contributed by atoms with Gasteiger partial charge in [0.05, 0.1) is 4.34 Å². The van der Waals surface area contributed by atoms with Crippen LogP contribution < -0.4 is 11.1 Å². The first-order chi connectivity index (χ1) is 6.59. The average Bonchev–Trinajstić information content (AvgIpc) is 2.51. The Morgan fingerprint density at radius 1 is 1.71 bits per heavy atom. The molecule has 1 heterocycles. The third-order valence-electron chi connectivity index (χ3n) is 1.84. The van der Waals surface area contributed by atoms with Gasteiger partial charge in [-0.1, -0.05) is 11.6 Å². The Morgan fingerprint density at radius 3 is 2.93 bits per heavy atom. The largest absolute Gasteiger partial charge is 0.370 e. The van der Waals surface area contributed by atoms with E-state index in [-0.39, 0.29) is 11.9 Å². The van der Waals surface area contributed by atoms with E-state index in [4.69, 9.17) is 17.3 Å². The molecule has 1 unspecified atom stereocenters. The lowest BCUT2D eigenvalue weighted by molar-refractivity contribution is -0.117. The predicted octanol–water partition coefficient (Wildman–Crippen LogP) is 1.93. The Balaban J connectivity index is 2.35. The van der Waals surface area contributed by atoms with Gasteiger partial charge >= 0.3 is 0 Å². The molecule has 1 amide bonds. The molecule has 0 aliphatic carbocycles. The summed E-state index contributed by atoms with van der Waals surface area (Å²) in [4.78, 5) is 11.7. The fourth-order valence-corrected chi connectivity index (χ4v) is 2.16. The van der Waals surface area contributed by atoms with Gasteiger partial charge in [0.25, 0.3) is 0 Å². The van der Waals surface area contributed by atoms with Gasteiger partial charge in [0.1, 0.15) is 0 Å². The highest BCUT2D eigenvalue weighted by atomic mass is 35.5. The summed E-state index contributed by atoms with van der Waals surface area (Å²) in [5.74, 6) is -0.283. The van der Waals surface area contributed by atoms with E-state index in [2.05, 4.69) is 5.32 Å². The molecular weight excluding hydrogens is 220 g/mol. The Bertz CT molecular complexity index is 314. The van der Waals surface area contributed by atoms with E-state index < -0.39 is 0 Å². The zero-order valence-corrected chi connectivity index (χ0v) is 9.49. The molecule has 0 aromatic carbocycles. The smallest absolute Gasteiger partial charge is 0.218 e. The fourth-order valence-electron chi connectivity index (χ4n) is 1.07. The number of nitrogens with two attached hydrogens (primary N) is 1. The fraction of sp³-hybridized carbons (Fsp3) is 0.444. The van der Waals surface area contributed by atoms with Gasteiger partial charge in [-0.25, -0.2) is 0 Å². The van der Waals surface area contributed by atoms with Gasteiger partial charge in [-0.15, -0.1) is 11.3 Å². The maximum atomic E-state index is 10.5. The lowest BCUT2D eigenvalue weighted by atomic mass is 10.2. The van der Waals surface area contributed by atoms with Crippen LogP contribution in [0, 0.1) is 0 Å². The number of halogens is 1. The third kappa shape index (κ3) is 3.65. The minimum atomic E-state index is -0.283. The van der Waals surface area contributed by atoms with Crippen LogP contribution in [0.15, 0.2) is 12.1 Å². The van der Waals surface area contributed by atoms with Gasteiger partial charge in [-0.05, 0) is 19.1 Å². The number of amides is 1. The normalized spacial score (nSPS) is 12.7. The molecule has 0 bridgehead atoms. The zero-order chi connectivity index (χ0) is 10.6. The maximum Gasteiger partial charge on any atom is 0.218 e. The summed E-state index contributed by atoms with van der Waals surface area (Å²) in [6.45, 7) is 2.63. The third-order valence-corrected chi connectivity index (χ3v) is 3.26. The molecule has 1 rings (SSSR count). The van der Waals surface area contributed by atoms with E-state index in [0.29, 0.717) is 13.0 Å². The first-order valence-corrected chi connectivity index (χ1v) is 5.56. The van der Waals surface area contributed by atoms with Crippen LogP contribution in [-0.4, -0.2) is 12.5 Å². The summed E-state index contributed by atoms with van der Waals surface area (Å²) >= 11 is 7.35. The topological polar surface area (TPSA) is 55.1 Å². The predicted molar refractivity (Wildman–Crippen MR) is 59.6 cm³/mol. The molecule has 0 spiro atoms. The van der Waals surface area contributed by atoms with Crippen molar-refractivity contribution in [2.24, 2.45) is 5.73 Å². The molecule has 3 nitrogen and oxygen atoms in total.